The molecule has 5 nitrogen and oxygen atoms in total. The van der Waals surface area contributed by atoms with Crippen molar-refractivity contribution in [3.63, 3.8) is 0 Å². The van der Waals surface area contributed by atoms with E-state index in [0.29, 0.717) is 5.65 Å². The van der Waals surface area contributed by atoms with Crippen molar-refractivity contribution in [2.24, 2.45) is 0 Å². The molecule has 60 valence electrons. The molecule has 0 aromatic carbocycles. The van der Waals surface area contributed by atoms with E-state index in [1.807, 2.05) is 0 Å². The second kappa shape index (κ2) is 2.30. The molecule has 2 rings (SSSR count). The molecule has 0 spiro atoms. The van der Waals surface area contributed by atoms with Crippen molar-refractivity contribution in [2.75, 3.05) is 0 Å². The third kappa shape index (κ3) is 0.914. The minimum atomic E-state index is -0.436. The lowest BCUT2D eigenvalue weighted by atomic mass is 10.4. The summed E-state index contributed by atoms with van der Waals surface area (Å²) in [7, 11) is 0. The van der Waals surface area contributed by atoms with Crippen molar-refractivity contribution < 1.29 is 4.92 Å². The molecular weight excluding hydrogens is 158 g/mol. The maximum absolute atomic E-state index is 10.3. The van der Waals surface area contributed by atoms with Crippen LogP contribution in [0.5, 0.6) is 0 Å². The van der Waals surface area contributed by atoms with Crippen LogP contribution < -0.4 is 0 Å². The molecule has 0 radical (unpaired) electrons. The van der Waals surface area contributed by atoms with E-state index in [4.69, 9.17) is 0 Å². The molecule has 0 saturated heterocycles. The average Bonchev–Trinajstić information content (AvgIpc) is 2.49. The molecular formula is C7H5N3O2. The Morgan fingerprint density at radius 1 is 1.50 bits per heavy atom. The van der Waals surface area contributed by atoms with Gasteiger partial charge in [0.25, 0.3) is 5.69 Å². The number of nitrogens with zero attached hydrogens (tertiary/aromatic N) is 3. The summed E-state index contributed by atoms with van der Waals surface area (Å²) in [6, 6.07) is 2.87. The summed E-state index contributed by atoms with van der Waals surface area (Å²) in [5.74, 6) is 0. The van der Waals surface area contributed by atoms with E-state index >= 15 is 0 Å². The Balaban J connectivity index is 2.68. The topological polar surface area (TPSA) is 60.4 Å². The molecule has 0 aliphatic rings. The fourth-order valence-electron chi connectivity index (χ4n) is 1.01. The first-order chi connectivity index (χ1) is 5.77. The zero-order valence-electron chi connectivity index (χ0n) is 6.04. The Bertz CT molecular complexity index is 435. The summed E-state index contributed by atoms with van der Waals surface area (Å²) in [5.41, 5.74) is 0.651. The molecule has 0 atom stereocenters. The number of pyridine rings is 1. The van der Waals surface area contributed by atoms with Gasteiger partial charge in [-0.1, -0.05) is 0 Å². The molecule has 0 amide bonds. The van der Waals surface area contributed by atoms with Crippen LogP contribution in [0.3, 0.4) is 0 Å². The van der Waals surface area contributed by atoms with Crippen molar-refractivity contribution in [1.29, 1.82) is 0 Å². The Morgan fingerprint density at radius 3 is 3.08 bits per heavy atom. The summed E-state index contributed by atoms with van der Waals surface area (Å²) in [6.45, 7) is 0. The zero-order chi connectivity index (χ0) is 8.55. The first kappa shape index (κ1) is 6.78. The molecule has 0 unspecified atom stereocenters. The number of nitro groups is 1. The van der Waals surface area contributed by atoms with Crippen molar-refractivity contribution >= 4 is 11.3 Å². The lowest BCUT2D eigenvalue weighted by Crippen LogP contribution is -1.89. The minimum absolute atomic E-state index is 0.0636. The molecule has 0 aliphatic carbocycles. The summed E-state index contributed by atoms with van der Waals surface area (Å²) in [5, 5.41) is 10.3. The van der Waals surface area contributed by atoms with Gasteiger partial charge >= 0.3 is 0 Å². The second-order valence-corrected chi connectivity index (χ2v) is 2.33. The van der Waals surface area contributed by atoms with Crippen LogP contribution in [0.4, 0.5) is 5.69 Å². The molecule has 2 aromatic heterocycles. The van der Waals surface area contributed by atoms with Gasteiger partial charge in [0.2, 0.25) is 0 Å². The van der Waals surface area contributed by atoms with Crippen LogP contribution in [0.2, 0.25) is 0 Å². The monoisotopic (exact) mass is 163 g/mol. The van der Waals surface area contributed by atoms with E-state index in [9.17, 15) is 10.1 Å². The lowest BCUT2D eigenvalue weighted by Gasteiger charge is -1.92. The number of imidazole rings is 1. The van der Waals surface area contributed by atoms with Gasteiger partial charge < -0.3 is 4.40 Å². The largest absolute Gasteiger partial charge is 0.307 e. The van der Waals surface area contributed by atoms with E-state index in [0.717, 1.165) is 0 Å². The molecule has 0 saturated carbocycles. The Hall–Kier alpha value is -1.91. The van der Waals surface area contributed by atoms with Gasteiger partial charge in [0.15, 0.2) is 0 Å². The van der Waals surface area contributed by atoms with E-state index < -0.39 is 4.92 Å². The first-order valence-corrected chi connectivity index (χ1v) is 3.34. The fourth-order valence-corrected chi connectivity index (χ4v) is 1.01. The number of aromatic nitrogens is 2. The summed E-state index contributed by atoms with van der Waals surface area (Å²) >= 11 is 0. The number of hydrogen-bond donors (Lipinski definition) is 0. The molecule has 0 N–H and O–H groups in total. The van der Waals surface area contributed by atoms with E-state index in [1.54, 1.807) is 23.0 Å². The molecule has 2 heterocycles. The number of fused-ring (bicyclic) bond motifs is 1. The maximum Gasteiger partial charge on any atom is 0.274 e. The van der Waals surface area contributed by atoms with Gasteiger partial charge in [-0.15, -0.1) is 0 Å². The van der Waals surface area contributed by atoms with Crippen LogP contribution in [0, 0.1) is 10.1 Å². The highest BCUT2D eigenvalue weighted by molar-refractivity contribution is 5.47. The van der Waals surface area contributed by atoms with E-state index in [2.05, 4.69) is 4.98 Å². The third-order valence-corrected chi connectivity index (χ3v) is 1.59. The Kier molecular flexibility index (Phi) is 1.30. The number of rotatable bonds is 1. The van der Waals surface area contributed by atoms with Crippen LogP contribution in [0.15, 0.2) is 30.7 Å². The molecule has 5 heteroatoms. The predicted octanol–water partition coefficient (Wildman–Crippen LogP) is 1.24. The summed E-state index contributed by atoms with van der Waals surface area (Å²) < 4.78 is 1.72. The SMILES string of the molecule is O=[N+]([O-])c1ccn2ccnc2c1. The quantitative estimate of drug-likeness (QED) is 0.469. The van der Waals surface area contributed by atoms with E-state index in [1.165, 1.54) is 12.1 Å². The van der Waals surface area contributed by atoms with Crippen LogP contribution >= 0.6 is 0 Å². The summed E-state index contributed by atoms with van der Waals surface area (Å²) in [6.07, 6.45) is 4.94. The van der Waals surface area contributed by atoms with Gasteiger partial charge in [0.1, 0.15) is 5.65 Å². The van der Waals surface area contributed by atoms with Gasteiger partial charge in [-0.25, -0.2) is 4.98 Å². The number of hydrogen-bond acceptors (Lipinski definition) is 3. The molecule has 2 aromatic rings. The fraction of sp³-hybridized carbons (Fsp3) is 0. The van der Waals surface area contributed by atoms with Crippen LogP contribution in [0.25, 0.3) is 5.65 Å². The normalized spacial score (nSPS) is 10.3. The second-order valence-electron chi connectivity index (χ2n) is 2.33. The van der Waals surface area contributed by atoms with Crippen LogP contribution in [-0.4, -0.2) is 14.3 Å². The Labute approximate surface area is 67.4 Å². The predicted molar refractivity (Wildman–Crippen MR) is 41.8 cm³/mol. The van der Waals surface area contributed by atoms with Crippen molar-refractivity contribution in [3.8, 4) is 0 Å². The highest BCUT2D eigenvalue weighted by Gasteiger charge is 2.05. The van der Waals surface area contributed by atoms with Crippen LogP contribution in [0.1, 0.15) is 0 Å². The van der Waals surface area contributed by atoms with Crippen molar-refractivity contribution in [1.82, 2.24) is 9.38 Å². The average molecular weight is 163 g/mol. The molecule has 0 bridgehead atoms. The maximum atomic E-state index is 10.3. The van der Waals surface area contributed by atoms with Crippen molar-refractivity contribution in [2.45, 2.75) is 0 Å². The third-order valence-electron chi connectivity index (χ3n) is 1.59. The van der Waals surface area contributed by atoms with Crippen LogP contribution in [-0.2, 0) is 0 Å². The van der Waals surface area contributed by atoms with Gasteiger partial charge in [-0.05, 0) is 0 Å². The van der Waals surface area contributed by atoms with Crippen molar-refractivity contribution in [3.05, 3.63) is 40.8 Å². The van der Waals surface area contributed by atoms with Gasteiger partial charge in [-0.3, -0.25) is 10.1 Å². The highest BCUT2D eigenvalue weighted by atomic mass is 16.6. The zero-order valence-corrected chi connectivity index (χ0v) is 6.04. The van der Waals surface area contributed by atoms with Gasteiger partial charge in [-0.2, -0.15) is 0 Å². The highest BCUT2D eigenvalue weighted by Crippen LogP contribution is 2.12. The lowest BCUT2D eigenvalue weighted by molar-refractivity contribution is -0.384. The minimum Gasteiger partial charge on any atom is -0.307 e. The van der Waals surface area contributed by atoms with E-state index in [-0.39, 0.29) is 5.69 Å². The summed E-state index contributed by atoms with van der Waals surface area (Å²) in [4.78, 5) is 13.8. The molecule has 12 heavy (non-hydrogen) atoms. The van der Waals surface area contributed by atoms with Gasteiger partial charge in [0, 0.05) is 24.7 Å². The Morgan fingerprint density at radius 2 is 2.33 bits per heavy atom. The van der Waals surface area contributed by atoms with Gasteiger partial charge in [0.05, 0.1) is 11.0 Å². The molecule has 0 fully saturated rings. The molecule has 0 aliphatic heterocycles. The smallest absolute Gasteiger partial charge is 0.274 e. The standard InChI is InChI=1S/C7H5N3O2/c11-10(12)6-1-3-9-4-2-8-7(9)5-6/h1-5H. The first-order valence-electron chi connectivity index (χ1n) is 3.34.